The molecular weight excluding hydrogens is 138 g/mol. The summed E-state index contributed by atoms with van der Waals surface area (Å²) in [5.41, 5.74) is 1.24. The number of rotatable bonds is 0. The molecule has 0 bridgehead atoms. The Kier molecular flexibility index (Phi) is 1.24. The number of hydrogen-bond donors (Lipinski definition) is 0. The maximum atomic E-state index is 4.20. The van der Waals surface area contributed by atoms with Crippen molar-refractivity contribution in [1.82, 2.24) is 9.91 Å². The fourth-order valence-electron chi connectivity index (χ4n) is 1.29. The van der Waals surface area contributed by atoms with Crippen molar-refractivity contribution in [3.05, 3.63) is 23.9 Å². The van der Waals surface area contributed by atoms with Gasteiger partial charge in [0.1, 0.15) is 12.5 Å². The minimum atomic E-state index is 0.304. The van der Waals surface area contributed by atoms with Crippen LogP contribution in [0, 0.1) is 0 Å². The van der Waals surface area contributed by atoms with Crippen molar-refractivity contribution in [3.8, 4) is 0 Å². The topological polar surface area (TPSA) is 18.8 Å². The molecule has 0 saturated heterocycles. The molecule has 0 aliphatic carbocycles. The Labute approximate surface area is 66.3 Å². The monoisotopic (exact) mass is 149 g/mol. The highest BCUT2D eigenvalue weighted by Crippen LogP contribution is 2.18. The van der Waals surface area contributed by atoms with Crippen LogP contribution in [0.4, 0.5) is 0 Å². The molecule has 1 atom stereocenters. The van der Waals surface area contributed by atoms with Crippen LogP contribution < -0.4 is 0 Å². The zero-order valence-electron chi connectivity index (χ0n) is 6.73. The molecular formula is C8H11N3. The third kappa shape index (κ3) is 0.926. The minimum Gasteiger partial charge on any atom is -0.339 e. The molecule has 2 aliphatic heterocycles. The molecule has 0 fully saturated rings. The molecule has 58 valence electrons. The van der Waals surface area contributed by atoms with Crippen LogP contribution in [0.1, 0.15) is 6.92 Å². The van der Waals surface area contributed by atoms with Gasteiger partial charge in [0, 0.05) is 13.2 Å². The van der Waals surface area contributed by atoms with Crippen molar-refractivity contribution < 1.29 is 0 Å². The lowest BCUT2D eigenvalue weighted by atomic mass is 10.2. The van der Waals surface area contributed by atoms with Crippen molar-refractivity contribution in [1.29, 1.82) is 0 Å². The zero-order chi connectivity index (χ0) is 7.84. The smallest absolute Gasteiger partial charge is 0.142 e. The number of hydrogen-bond acceptors (Lipinski definition) is 3. The van der Waals surface area contributed by atoms with E-state index in [1.54, 1.807) is 0 Å². The summed E-state index contributed by atoms with van der Waals surface area (Å²) >= 11 is 0. The molecule has 2 rings (SSSR count). The average Bonchev–Trinajstić information content (AvgIpc) is 2.32. The fraction of sp³-hybridized carbons (Fsp3) is 0.375. The molecule has 3 nitrogen and oxygen atoms in total. The number of likely N-dealkylation sites (N-methyl/N-ethyl adjacent to an activating group) is 1. The Morgan fingerprint density at radius 1 is 1.55 bits per heavy atom. The van der Waals surface area contributed by atoms with Crippen LogP contribution in [0.2, 0.25) is 0 Å². The summed E-state index contributed by atoms with van der Waals surface area (Å²) in [7, 11) is 2.02. The number of fused-ring (bicyclic) bond motifs is 1. The van der Waals surface area contributed by atoms with Gasteiger partial charge in [0.15, 0.2) is 0 Å². The molecule has 11 heavy (non-hydrogen) atoms. The maximum Gasteiger partial charge on any atom is 0.142 e. The van der Waals surface area contributed by atoms with Crippen molar-refractivity contribution in [3.63, 3.8) is 0 Å². The standard InChI is InChI=1S/C8H11N3/c1-7-3-4-8-10(2)6-9-11(8)5-7/h3-6,8H,1-2H3. The van der Waals surface area contributed by atoms with Gasteiger partial charge in [0.25, 0.3) is 0 Å². The molecule has 0 amide bonds. The molecule has 3 heteroatoms. The van der Waals surface area contributed by atoms with Gasteiger partial charge in [0.05, 0.1) is 0 Å². The zero-order valence-corrected chi connectivity index (χ0v) is 6.73. The van der Waals surface area contributed by atoms with E-state index in [0.29, 0.717) is 6.17 Å². The van der Waals surface area contributed by atoms with Gasteiger partial charge in [-0.05, 0) is 18.6 Å². The maximum absolute atomic E-state index is 4.20. The largest absolute Gasteiger partial charge is 0.339 e. The van der Waals surface area contributed by atoms with Crippen molar-refractivity contribution in [2.75, 3.05) is 7.05 Å². The first-order valence-corrected chi connectivity index (χ1v) is 3.68. The predicted molar refractivity (Wildman–Crippen MR) is 44.8 cm³/mol. The van der Waals surface area contributed by atoms with Gasteiger partial charge in [-0.2, -0.15) is 5.10 Å². The Balaban J connectivity index is 2.26. The summed E-state index contributed by atoms with van der Waals surface area (Å²) in [6, 6.07) is 0. The van der Waals surface area contributed by atoms with Gasteiger partial charge in [-0.15, -0.1) is 0 Å². The Morgan fingerprint density at radius 2 is 2.36 bits per heavy atom. The van der Waals surface area contributed by atoms with Gasteiger partial charge >= 0.3 is 0 Å². The van der Waals surface area contributed by atoms with E-state index in [4.69, 9.17) is 0 Å². The van der Waals surface area contributed by atoms with Crippen molar-refractivity contribution in [2.24, 2.45) is 5.10 Å². The third-order valence-electron chi connectivity index (χ3n) is 1.92. The van der Waals surface area contributed by atoms with Crippen molar-refractivity contribution in [2.45, 2.75) is 13.1 Å². The summed E-state index contributed by atoms with van der Waals surface area (Å²) < 4.78 is 0. The molecule has 0 aromatic heterocycles. The Bertz CT molecular complexity index is 252. The third-order valence-corrected chi connectivity index (χ3v) is 1.92. The summed E-state index contributed by atoms with van der Waals surface area (Å²) in [5, 5.41) is 6.15. The van der Waals surface area contributed by atoms with Crippen LogP contribution in [0.5, 0.6) is 0 Å². The molecule has 0 spiro atoms. The number of nitrogens with zero attached hydrogens (tertiary/aromatic N) is 3. The number of allylic oxidation sites excluding steroid dienone is 2. The summed E-state index contributed by atoms with van der Waals surface area (Å²) in [6.45, 7) is 2.07. The summed E-state index contributed by atoms with van der Waals surface area (Å²) in [6.07, 6.45) is 8.45. The van der Waals surface area contributed by atoms with Crippen LogP contribution in [0.15, 0.2) is 29.0 Å². The van der Waals surface area contributed by atoms with Gasteiger partial charge in [-0.3, -0.25) is 0 Å². The second-order valence-corrected chi connectivity index (χ2v) is 2.92. The Morgan fingerprint density at radius 3 is 3.18 bits per heavy atom. The van der Waals surface area contributed by atoms with E-state index < -0.39 is 0 Å². The van der Waals surface area contributed by atoms with E-state index in [1.165, 1.54) is 5.57 Å². The lowest BCUT2D eigenvalue weighted by molar-refractivity contribution is 0.252. The molecule has 1 unspecified atom stereocenters. The van der Waals surface area contributed by atoms with Crippen LogP contribution >= 0.6 is 0 Å². The first-order chi connectivity index (χ1) is 5.27. The minimum absolute atomic E-state index is 0.304. The van der Waals surface area contributed by atoms with Crippen LogP contribution in [-0.2, 0) is 0 Å². The molecule has 0 aromatic carbocycles. The number of hydrazone groups is 1. The molecule has 2 aliphatic rings. The van der Waals surface area contributed by atoms with Gasteiger partial charge in [-0.1, -0.05) is 6.08 Å². The SMILES string of the molecule is CC1=CN2N=CN(C)C2C=C1. The van der Waals surface area contributed by atoms with Crippen LogP contribution in [0.3, 0.4) is 0 Å². The normalized spacial score (nSPS) is 27.5. The molecule has 0 radical (unpaired) electrons. The van der Waals surface area contributed by atoms with E-state index in [0.717, 1.165) is 0 Å². The van der Waals surface area contributed by atoms with Crippen molar-refractivity contribution >= 4 is 6.34 Å². The Hall–Kier alpha value is -1.25. The van der Waals surface area contributed by atoms with Gasteiger partial charge in [0.2, 0.25) is 0 Å². The summed E-state index contributed by atoms with van der Waals surface area (Å²) in [4.78, 5) is 2.07. The van der Waals surface area contributed by atoms with Gasteiger partial charge < -0.3 is 4.90 Å². The highest BCUT2D eigenvalue weighted by Gasteiger charge is 2.22. The van der Waals surface area contributed by atoms with Gasteiger partial charge in [-0.25, -0.2) is 5.01 Å². The average molecular weight is 149 g/mol. The second kappa shape index (κ2) is 2.12. The highest BCUT2D eigenvalue weighted by atomic mass is 15.6. The lowest BCUT2D eigenvalue weighted by Crippen LogP contribution is -2.34. The molecule has 0 N–H and O–H groups in total. The van der Waals surface area contributed by atoms with Crippen LogP contribution in [0.25, 0.3) is 0 Å². The second-order valence-electron chi connectivity index (χ2n) is 2.92. The van der Waals surface area contributed by atoms with E-state index in [9.17, 15) is 0 Å². The first-order valence-electron chi connectivity index (χ1n) is 3.68. The summed E-state index contributed by atoms with van der Waals surface area (Å²) in [5.74, 6) is 0. The molecule has 0 saturated carbocycles. The van der Waals surface area contributed by atoms with E-state index >= 15 is 0 Å². The molecule has 0 aromatic rings. The predicted octanol–water partition coefficient (Wildman–Crippen LogP) is 0.977. The van der Waals surface area contributed by atoms with E-state index in [2.05, 4.69) is 29.1 Å². The van der Waals surface area contributed by atoms with E-state index in [-0.39, 0.29) is 0 Å². The quantitative estimate of drug-likeness (QED) is 0.511. The first kappa shape index (κ1) is 6.46. The molecule has 2 heterocycles. The lowest BCUT2D eigenvalue weighted by Gasteiger charge is -2.25. The highest BCUT2D eigenvalue weighted by molar-refractivity contribution is 5.58. The van der Waals surface area contributed by atoms with Crippen LogP contribution in [-0.4, -0.2) is 29.5 Å². The van der Waals surface area contributed by atoms with E-state index in [1.807, 2.05) is 24.6 Å². The fourth-order valence-corrected chi connectivity index (χ4v) is 1.29.